The van der Waals surface area contributed by atoms with Crippen LogP contribution in [0, 0.1) is 5.92 Å². The molecule has 0 radical (unpaired) electrons. The molecule has 1 aliphatic rings. The fourth-order valence-electron chi connectivity index (χ4n) is 1.33. The minimum atomic E-state index is -0.0295. The zero-order valence-corrected chi connectivity index (χ0v) is 8.79. The van der Waals surface area contributed by atoms with Crippen LogP contribution >= 0.6 is 11.6 Å². The second-order valence-electron chi connectivity index (χ2n) is 3.52. The molecular formula is C9H11ClN4O. The highest BCUT2D eigenvalue weighted by molar-refractivity contribution is 6.29. The predicted molar refractivity (Wildman–Crippen MR) is 56.6 cm³/mol. The van der Waals surface area contributed by atoms with Gasteiger partial charge in [0, 0.05) is 6.42 Å². The number of rotatable bonds is 3. The number of carbonyl (C=O) groups is 1. The van der Waals surface area contributed by atoms with E-state index in [2.05, 4.69) is 20.8 Å². The molecule has 80 valence electrons. The largest absolute Gasteiger partial charge is 0.316 e. The smallest absolute Gasteiger partial charge is 0.225 e. The summed E-state index contributed by atoms with van der Waals surface area (Å²) in [5.41, 5.74) is 0. The zero-order chi connectivity index (χ0) is 10.7. The summed E-state index contributed by atoms with van der Waals surface area (Å²) in [7, 11) is 0. The summed E-state index contributed by atoms with van der Waals surface area (Å²) in [6.07, 6.45) is 0.525. The number of hydrogen-bond acceptors (Lipinski definition) is 4. The van der Waals surface area contributed by atoms with Gasteiger partial charge in [-0.05, 0) is 31.1 Å². The molecule has 2 N–H and O–H groups in total. The van der Waals surface area contributed by atoms with Crippen LogP contribution in [0.2, 0.25) is 5.15 Å². The molecule has 1 saturated heterocycles. The third kappa shape index (κ3) is 2.87. The van der Waals surface area contributed by atoms with E-state index in [4.69, 9.17) is 11.6 Å². The number of halogens is 1. The van der Waals surface area contributed by atoms with Gasteiger partial charge in [-0.2, -0.15) is 0 Å². The number of nitrogens with zero attached hydrogens (tertiary/aromatic N) is 2. The molecule has 2 heterocycles. The summed E-state index contributed by atoms with van der Waals surface area (Å²) in [5, 5.41) is 13.5. The monoisotopic (exact) mass is 226 g/mol. The zero-order valence-electron chi connectivity index (χ0n) is 8.03. The van der Waals surface area contributed by atoms with E-state index in [1.165, 1.54) is 0 Å². The molecule has 2 rings (SSSR count). The maximum atomic E-state index is 11.5. The lowest BCUT2D eigenvalue weighted by atomic mass is 9.99. The van der Waals surface area contributed by atoms with E-state index in [9.17, 15) is 4.79 Å². The lowest BCUT2D eigenvalue weighted by molar-refractivity contribution is -0.117. The molecule has 0 unspecified atom stereocenters. The van der Waals surface area contributed by atoms with E-state index < -0.39 is 0 Å². The summed E-state index contributed by atoms with van der Waals surface area (Å²) >= 11 is 5.57. The third-order valence-corrected chi connectivity index (χ3v) is 2.44. The Bertz CT molecular complexity index is 350. The van der Waals surface area contributed by atoms with Crippen LogP contribution in [-0.2, 0) is 4.79 Å². The molecule has 6 heteroatoms. The van der Waals surface area contributed by atoms with E-state index in [1.807, 2.05) is 0 Å². The Hall–Kier alpha value is -1.20. The third-order valence-electron chi connectivity index (χ3n) is 2.24. The Labute approximate surface area is 92.2 Å². The number of hydrogen-bond donors (Lipinski definition) is 2. The second kappa shape index (κ2) is 4.55. The highest BCUT2D eigenvalue weighted by Crippen LogP contribution is 2.11. The molecule has 15 heavy (non-hydrogen) atoms. The van der Waals surface area contributed by atoms with Crippen molar-refractivity contribution in [3.8, 4) is 0 Å². The molecule has 0 spiro atoms. The van der Waals surface area contributed by atoms with E-state index in [-0.39, 0.29) is 5.91 Å². The molecule has 1 aliphatic heterocycles. The second-order valence-corrected chi connectivity index (χ2v) is 3.91. The maximum absolute atomic E-state index is 11.5. The van der Waals surface area contributed by atoms with Gasteiger partial charge in [0.05, 0.1) is 0 Å². The molecule has 0 bridgehead atoms. The average Bonchev–Trinajstić information content (AvgIpc) is 2.16. The van der Waals surface area contributed by atoms with Gasteiger partial charge in [-0.25, -0.2) is 0 Å². The standard InChI is InChI=1S/C9H11ClN4O/c10-7-1-2-8(14-13-7)12-9(15)3-6-4-11-5-6/h1-2,6,11H,3-5H2,(H,12,14,15). The molecule has 1 aromatic heterocycles. The highest BCUT2D eigenvalue weighted by atomic mass is 35.5. The number of aromatic nitrogens is 2. The Balaban J connectivity index is 1.84. The maximum Gasteiger partial charge on any atom is 0.225 e. The Morgan fingerprint density at radius 1 is 1.53 bits per heavy atom. The van der Waals surface area contributed by atoms with Gasteiger partial charge in [-0.1, -0.05) is 11.6 Å². The first-order valence-corrected chi connectivity index (χ1v) is 5.11. The first-order valence-electron chi connectivity index (χ1n) is 4.74. The average molecular weight is 227 g/mol. The van der Waals surface area contributed by atoms with Crippen molar-refractivity contribution in [1.29, 1.82) is 0 Å². The fourth-order valence-corrected chi connectivity index (χ4v) is 1.43. The van der Waals surface area contributed by atoms with Crippen molar-refractivity contribution in [2.75, 3.05) is 18.4 Å². The number of amides is 1. The Morgan fingerprint density at radius 2 is 2.33 bits per heavy atom. The summed E-state index contributed by atoms with van der Waals surface area (Å²) in [6, 6.07) is 3.22. The minimum Gasteiger partial charge on any atom is -0.316 e. The van der Waals surface area contributed by atoms with E-state index in [0.29, 0.717) is 23.3 Å². The van der Waals surface area contributed by atoms with Crippen molar-refractivity contribution in [2.45, 2.75) is 6.42 Å². The molecule has 0 atom stereocenters. The van der Waals surface area contributed by atoms with Gasteiger partial charge in [-0.3, -0.25) is 4.79 Å². The van der Waals surface area contributed by atoms with Crippen LogP contribution in [-0.4, -0.2) is 29.2 Å². The van der Waals surface area contributed by atoms with Crippen molar-refractivity contribution < 1.29 is 4.79 Å². The molecule has 5 nitrogen and oxygen atoms in total. The van der Waals surface area contributed by atoms with E-state index >= 15 is 0 Å². The summed E-state index contributed by atoms with van der Waals surface area (Å²) in [6.45, 7) is 1.83. The van der Waals surface area contributed by atoms with Crippen LogP contribution in [0.3, 0.4) is 0 Å². The van der Waals surface area contributed by atoms with Gasteiger partial charge in [0.2, 0.25) is 5.91 Å². The van der Waals surface area contributed by atoms with Gasteiger partial charge in [-0.15, -0.1) is 10.2 Å². The molecular weight excluding hydrogens is 216 g/mol. The van der Waals surface area contributed by atoms with Crippen molar-refractivity contribution in [3.05, 3.63) is 17.3 Å². The molecule has 0 aromatic carbocycles. The normalized spacial score (nSPS) is 15.8. The first kappa shape index (κ1) is 10.3. The number of anilines is 1. The minimum absolute atomic E-state index is 0.0295. The van der Waals surface area contributed by atoms with Crippen molar-refractivity contribution in [1.82, 2.24) is 15.5 Å². The molecule has 1 amide bonds. The van der Waals surface area contributed by atoms with Crippen molar-refractivity contribution in [2.24, 2.45) is 5.92 Å². The lowest BCUT2D eigenvalue weighted by Gasteiger charge is -2.26. The summed E-state index contributed by atoms with van der Waals surface area (Å²) in [4.78, 5) is 11.5. The topological polar surface area (TPSA) is 66.9 Å². The molecule has 0 saturated carbocycles. The molecule has 0 aliphatic carbocycles. The van der Waals surface area contributed by atoms with Crippen LogP contribution in [0.25, 0.3) is 0 Å². The lowest BCUT2D eigenvalue weighted by Crippen LogP contribution is -2.43. The van der Waals surface area contributed by atoms with E-state index in [1.54, 1.807) is 12.1 Å². The van der Waals surface area contributed by atoms with Gasteiger partial charge in [0.15, 0.2) is 11.0 Å². The van der Waals surface area contributed by atoms with Crippen LogP contribution in [0.5, 0.6) is 0 Å². The quantitative estimate of drug-likeness (QED) is 0.796. The Kier molecular flexibility index (Phi) is 3.13. The van der Waals surface area contributed by atoms with Crippen LogP contribution < -0.4 is 10.6 Å². The Morgan fingerprint density at radius 3 is 2.87 bits per heavy atom. The highest BCUT2D eigenvalue weighted by Gasteiger charge is 2.20. The SMILES string of the molecule is O=C(CC1CNC1)Nc1ccc(Cl)nn1. The first-order chi connectivity index (χ1) is 7.24. The van der Waals surface area contributed by atoms with Gasteiger partial charge in [0.1, 0.15) is 0 Å². The van der Waals surface area contributed by atoms with Crippen molar-refractivity contribution in [3.63, 3.8) is 0 Å². The van der Waals surface area contributed by atoms with E-state index in [0.717, 1.165) is 13.1 Å². The van der Waals surface area contributed by atoms with Gasteiger partial charge < -0.3 is 10.6 Å². The van der Waals surface area contributed by atoms with Crippen LogP contribution in [0.4, 0.5) is 5.82 Å². The van der Waals surface area contributed by atoms with Crippen LogP contribution in [0.1, 0.15) is 6.42 Å². The number of carbonyl (C=O) groups excluding carboxylic acids is 1. The van der Waals surface area contributed by atoms with Gasteiger partial charge >= 0.3 is 0 Å². The molecule has 1 fully saturated rings. The van der Waals surface area contributed by atoms with Crippen LogP contribution in [0.15, 0.2) is 12.1 Å². The van der Waals surface area contributed by atoms with Gasteiger partial charge in [0.25, 0.3) is 0 Å². The van der Waals surface area contributed by atoms with Crippen molar-refractivity contribution >= 4 is 23.3 Å². The molecule has 1 aromatic rings. The summed E-state index contributed by atoms with van der Waals surface area (Å²) in [5.74, 6) is 0.861. The predicted octanol–water partition coefficient (Wildman–Crippen LogP) is 0.678. The summed E-state index contributed by atoms with van der Waals surface area (Å²) < 4.78 is 0. The number of nitrogens with one attached hydrogen (secondary N) is 2. The fraction of sp³-hybridized carbons (Fsp3) is 0.444.